The third-order valence-corrected chi connectivity index (χ3v) is 2.64. The van der Waals surface area contributed by atoms with E-state index in [9.17, 15) is 4.79 Å². The first-order valence-corrected chi connectivity index (χ1v) is 6.42. The molecule has 2 aromatic rings. The van der Waals surface area contributed by atoms with Gasteiger partial charge >= 0.3 is 0 Å². The molecule has 0 aliphatic rings. The van der Waals surface area contributed by atoms with Gasteiger partial charge in [-0.15, -0.1) is 0 Å². The van der Waals surface area contributed by atoms with Gasteiger partial charge in [0.2, 0.25) is 11.8 Å². The lowest BCUT2D eigenvalue weighted by atomic mass is 10.1. The standard InChI is InChI=1S/C15H18N2O2/c1-11(2)8-14(18)16-10-15-17-9-13(19-15)12-6-4-3-5-7-12/h3-7,9,11H,8,10H2,1-2H3,(H,16,18). The van der Waals surface area contributed by atoms with Crippen molar-refractivity contribution in [3.63, 3.8) is 0 Å². The van der Waals surface area contributed by atoms with Crippen molar-refractivity contribution in [3.05, 3.63) is 42.4 Å². The lowest BCUT2D eigenvalue weighted by Crippen LogP contribution is -2.23. The quantitative estimate of drug-likeness (QED) is 0.897. The number of hydrogen-bond acceptors (Lipinski definition) is 3. The lowest BCUT2D eigenvalue weighted by molar-refractivity contribution is -0.122. The predicted octanol–water partition coefficient (Wildman–Crippen LogP) is 3.00. The molecule has 0 saturated heterocycles. The highest BCUT2D eigenvalue weighted by molar-refractivity contribution is 5.75. The van der Waals surface area contributed by atoms with Gasteiger partial charge in [-0.25, -0.2) is 4.98 Å². The summed E-state index contributed by atoms with van der Waals surface area (Å²) in [5.74, 6) is 1.61. The Morgan fingerprint density at radius 2 is 2.05 bits per heavy atom. The van der Waals surface area contributed by atoms with Crippen molar-refractivity contribution in [2.45, 2.75) is 26.8 Å². The number of carbonyl (C=O) groups excluding carboxylic acids is 1. The van der Waals surface area contributed by atoms with E-state index >= 15 is 0 Å². The average molecular weight is 258 g/mol. The molecule has 19 heavy (non-hydrogen) atoms. The SMILES string of the molecule is CC(C)CC(=O)NCc1ncc(-c2ccccc2)o1. The van der Waals surface area contributed by atoms with E-state index in [1.54, 1.807) is 6.20 Å². The summed E-state index contributed by atoms with van der Waals surface area (Å²) in [6.45, 7) is 4.36. The van der Waals surface area contributed by atoms with Gasteiger partial charge < -0.3 is 9.73 Å². The highest BCUT2D eigenvalue weighted by Gasteiger charge is 2.08. The van der Waals surface area contributed by atoms with E-state index < -0.39 is 0 Å². The van der Waals surface area contributed by atoms with Crippen LogP contribution in [-0.4, -0.2) is 10.9 Å². The van der Waals surface area contributed by atoms with Crippen LogP contribution in [-0.2, 0) is 11.3 Å². The smallest absolute Gasteiger partial charge is 0.220 e. The summed E-state index contributed by atoms with van der Waals surface area (Å²) in [5, 5.41) is 2.80. The molecule has 0 radical (unpaired) electrons. The Labute approximate surface area is 112 Å². The third-order valence-electron chi connectivity index (χ3n) is 2.64. The first-order valence-electron chi connectivity index (χ1n) is 6.42. The summed E-state index contributed by atoms with van der Waals surface area (Å²) >= 11 is 0. The third kappa shape index (κ3) is 3.95. The van der Waals surface area contributed by atoms with Crippen LogP contribution in [0.25, 0.3) is 11.3 Å². The molecule has 2 rings (SSSR count). The van der Waals surface area contributed by atoms with Crippen molar-refractivity contribution in [1.82, 2.24) is 10.3 Å². The monoisotopic (exact) mass is 258 g/mol. The number of carbonyl (C=O) groups is 1. The zero-order chi connectivity index (χ0) is 13.7. The summed E-state index contributed by atoms with van der Waals surface area (Å²) in [7, 11) is 0. The van der Waals surface area contributed by atoms with Gasteiger partial charge in [-0.05, 0) is 5.92 Å². The summed E-state index contributed by atoms with van der Waals surface area (Å²) in [4.78, 5) is 15.7. The Kier molecular flexibility index (Phi) is 4.34. The summed E-state index contributed by atoms with van der Waals surface area (Å²) in [6, 6.07) is 9.76. The molecule has 0 spiro atoms. The number of hydrogen-bond donors (Lipinski definition) is 1. The van der Waals surface area contributed by atoms with Crippen LogP contribution in [0.2, 0.25) is 0 Å². The molecule has 100 valence electrons. The van der Waals surface area contributed by atoms with Gasteiger partial charge in [-0.1, -0.05) is 44.2 Å². The molecule has 0 saturated carbocycles. The fraction of sp³-hybridized carbons (Fsp3) is 0.333. The molecule has 1 amide bonds. The van der Waals surface area contributed by atoms with Crippen molar-refractivity contribution in [1.29, 1.82) is 0 Å². The highest BCUT2D eigenvalue weighted by Crippen LogP contribution is 2.19. The van der Waals surface area contributed by atoms with Gasteiger partial charge in [0.1, 0.15) is 0 Å². The number of oxazole rings is 1. The maximum atomic E-state index is 11.5. The molecule has 0 aliphatic carbocycles. The number of amides is 1. The minimum absolute atomic E-state index is 0.0226. The van der Waals surface area contributed by atoms with E-state index in [2.05, 4.69) is 10.3 Å². The Bertz CT molecular complexity index is 532. The molecular weight excluding hydrogens is 240 g/mol. The number of aromatic nitrogens is 1. The van der Waals surface area contributed by atoms with E-state index in [1.165, 1.54) is 0 Å². The van der Waals surface area contributed by atoms with Crippen LogP contribution in [0.4, 0.5) is 0 Å². The zero-order valence-corrected chi connectivity index (χ0v) is 11.2. The van der Waals surface area contributed by atoms with Crippen LogP contribution in [0.1, 0.15) is 26.2 Å². The molecule has 0 atom stereocenters. The Morgan fingerprint density at radius 3 is 2.74 bits per heavy atom. The number of rotatable bonds is 5. The van der Waals surface area contributed by atoms with Crippen molar-refractivity contribution < 1.29 is 9.21 Å². The van der Waals surface area contributed by atoms with Gasteiger partial charge in [-0.2, -0.15) is 0 Å². The first kappa shape index (κ1) is 13.3. The van der Waals surface area contributed by atoms with Gasteiger partial charge in [0.05, 0.1) is 12.7 Å². The Morgan fingerprint density at radius 1 is 1.32 bits per heavy atom. The van der Waals surface area contributed by atoms with Gasteiger partial charge in [-0.3, -0.25) is 4.79 Å². The second-order valence-electron chi connectivity index (χ2n) is 4.86. The van der Waals surface area contributed by atoms with Gasteiger partial charge in [0.25, 0.3) is 0 Å². The largest absolute Gasteiger partial charge is 0.439 e. The zero-order valence-electron chi connectivity index (χ0n) is 11.2. The number of nitrogens with zero attached hydrogens (tertiary/aromatic N) is 1. The predicted molar refractivity (Wildman–Crippen MR) is 73.2 cm³/mol. The fourth-order valence-electron chi connectivity index (χ4n) is 1.75. The summed E-state index contributed by atoms with van der Waals surface area (Å²) in [5.41, 5.74) is 0.981. The topological polar surface area (TPSA) is 55.1 Å². The number of benzene rings is 1. The Balaban J connectivity index is 1.93. The molecule has 1 aromatic carbocycles. The Hall–Kier alpha value is -2.10. The lowest BCUT2D eigenvalue weighted by Gasteiger charge is -2.04. The van der Waals surface area contributed by atoms with E-state index in [0.29, 0.717) is 30.5 Å². The molecule has 0 bridgehead atoms. The molecule has 1 N–H and O–H groups in total. The van der Waals surface area contributed by atoms with Crippen LogP contribution in [0.5, 0.6) is 0 Å². The van der Waals surface area contributed by atoms with Crippen molar-refractivity contribution >= 4 is 5.91 Å². The van der Waals surface area contributed by atoms with E-state index in [-0.39, 0.29) is 5.91 Å². The molecule has 1 heterocycles. The van der Waals surface area contributed by atoms with Crippen LogP contribution < -0.4 is 5.32 Å². The molecule has 0 unspecified atom stereocenters. The fourth-order valence-corrected chi connectivity index (χ4v) is 1.75. The highest BCUT2D eigenvalue weighted by atomic mass is 16.4. The minimum Gasteiger partial charge on any atom is -0.439 e. The molecule has 1 aromatic heterocycles. The van der Waals surface area contributed by atoms with Crippen molar-refractivity contribution in [2.75, 3.05) is 0 Å². The maximum Gasteiger partial charge on any atom is 0.220 e. The van der Waals surface area contributed by atoms with Crippen LogP contribution in [0, 0.1) is 5.92 Å². The van der Waals surface area contributed by atoms with Crippen LogP contribution in [0.3, 0.4) is 0 Å². The van der Waals surface area contributed by atoms with E-state index in [0.717, 1.165) is 5.56 Å². The van der Waals surface area contributed by atoms with Crippen molar-refractivity contribution in [2.24, 2.45) is 5.92 Å². The average Bonchev–Trinajstić information content (AvgIpc) is 2.85. The van der Waals surface area contributed by atoms with Gasteiger partial charge in [0.15, 0.2) is 5.76 Å². The molecule has 4 heteroatoms. The number of nitrogens with one attached hydrogen (secondary N) is 1. The van der Waals surface area contributed by atoms with Crippen LogP contribution in [0.15, 0.2) is 40.9 Å². The normalized spacial score (nSPS) is 10.7. The van der Waals surface area contributed by atoms with Crippen LogP contribution >= 0.6 is 0 Å². The minimum atomic E-state index is 0.0226. The summed E-state index contributed by atoms with van der Waals surface area (Å²) < 4.78 is 5.60. The summed E-state index contributed by atoms with van der Waals surface area (Å²) in [6.07, 6.45) is 2.20. The second kappa shape index (κ2) is 6.18. The molecule has 0 aliphatic heterocycles. The van der Waals surface area contributed by atoms with E-state index in [1.807, 2.05) is 44.2 Å². The maximum absolute atomic E-state index is 11.5. The van der Waals surface area contributed by atoms with Crippen molar-refractivity contribution in [3.8, 4) is 11.3 Å². The van der Waals surface area contributed by atoms with E-state index in [4.69, 9.17) is 4.42 Å². The first-order chi connectivity index (χ1) is 9.15. The second-order valence-corrected chi connectivity index (χ2v) is 4.86. The molecular formula is C15H18N2O2. The molecule has 0 fully saturated rings. The molecule has 4 nitrogen and oxygen atoms in total. The van der Waals surface area contributed by atoms with Gasteiger partial charge in [0, 0.05) is 12.0 Å².